The molecule has 3 nitrogen and oxygen atoms in total. The Labute approximate surface area is 115 Å². The predicted molar refractivity (Wildman–Crippen MR) is 75.7 cm³/mol. The van der Waals surface area contributed by atoms with Gasteiger partial charge in [0.25, 0.3) is 0 Å². The van der Waals surface area contributed by atoms with Crippen molar-refractivity contribution in [3.8, 4) is 19.6 Å². The van der Waals surface area contributed by atoms with E-state index in [9.17, 15) is 4.79 Å². The Morgan fingerprint density at radius 1 is 1.11 bits per heavy atom. The first-order chi connectivity index (χ1) is 8.74. The summed E-state index contributed by atoms with van der Waals surface area (Å²) in [6.45, 7) is 0. The van der Waals surface area contributed by atoms with E-state index in [0.29, 0.717) is 0 Å². The molecule has 3 heterocycles. The predicted octanol–water partition coefficient (Wildman–Crippen LogP) is 4.30. The average Bonchev–Trinajstić information content (AvgIpc) is 3.10. The van der Waals surface area contributed by atoms with Gasteiger partial charge in [0.2, 0.25) is 0 Å². The summed E-state index contributed by atoms with van der Waals surface area (Å²) in [5.41, 5.74) is 0. The number of nitrogens with zero attached hydrogens (tertiary/aromatic N) is 1. The number of aromatic carboxylic acids is 1. The molecule has 3 aromatic heterocycles. The van der Waals surface area contributed by atoms with E-state index in [1.165, 1.54) is 27.3 Å². The zero-order valence-electron chi connectivity index (χ0n) is 8.99. The van der Waals surface area contributed by atoms with E-state index in [2.05, 4.69) is 11.1 Å². The van der Waals surface area contributed by atoms with Crippen LogP contribution in [0.1, 0.15) is 9.67 Å². The smallest absolute Gasteiger partial charge is 0.347 e. The summed E-state index contributed by atoms with van der Waals surface area (Å²) in [5, 5.41) is 11.7. The number of carboxylic acid groups (broad SMARTS) is 1. The Hall–Kier alpha value is -1.50. The van der Waals surface area contributed by atoms with Crippen molar-refractivity contribution in [2.45, 2.75) is 0 Å². The summed E-state index contributed by atoms with van der Waals surface area (Å²) >= 11 is 4.54. The topological polar surface area (TPSA) is 50.2 Å². The molecule has 0 unspecified atom stereocenters. The maximum atomic E-state index is 10.8. The molecule has 0 fully saturated rings. The third-order valence-electron chi connectivity index (χ3n) is 2.30. The van der Waals surface area contributed by atoms with Crippen molar-refractivity contribution in [2.24, 2.45) is 0 Å². The first-order valence-corrected chi connectivity index (χ1v) is 7.58. The maximum Gasteiger partial charge on any atom is 0.347 e. The molecule has 0 radical (unpaired) electrons. The molecule has 0 atom stereocenters. The van der Waals surface area contributed by atoms with E-state index in [1.807, 2.05) is 23.6 Å². The van der Waals surface area contributed by atoms with E-state index < -0.39 is 5.97 Å². The Kier molecular flexibility index (Phi) is 2.99. The van der Waals surface area contributed by atoms with E-state index in [0.717, 1.165) is 9.88 Å². The van der Waals surface area contributed by atoms with Gasteiger partial charge in [0, 0.05) is 9.75 Å². The van der Waals surface area contributed by atoms with Gasteiger partial charge in [-0.25, -0.2) is 9.78 Å². The molecular formula is C12H7NO2S3. The van der Waals surface area contributed by atoms with Crippen molar-refractivity contribution in [2.75, 3.05) is 0 Å². The molecule has 90 valence electrons. The van der Waals surface area contributed by atoms with Crippen molar-refractivity contribution in [1.29, 1.82) is 0 Å². The summed E-state index contributed by atoms with van der Waals surface area (Å²) < 4.78 is 0. The highest BCUT2D eigenvalue weighted by Crippen LogP contribution is 2.37. The van der Waals surface area contributed by atoms with Crippen LogP contribution in [-0.2, 0) is 0 Å². The third kappa shape index (κ3) is 2.10. The number of carboxylic acids is 1. The van der Waals surface area contributed by atoms with E-state index in [4.69, 9.17) is 5.11 Å². The normalized spacial score (nSPS) is 10.7. The van der Waals surface area contributed by atoms with Gasteiger partial charge < -0.3 is 5.11 Å². The summed E-state index contributed by atoms with van der Waals surface area (Å²) in [6, 6.07) is 8.13. The Bertz CT molecular complexity index is 682. The van der Waals surface area contributed by atoms with Crippen molar-refractivity contribution < 1.29 is 9.90 Å². The fourth-order valence-corrected chi connectivity index (χ4v) is 4.15. The maximum absolute atomic E-state index is 10.8. The minimum absolute atomic E-state index is 0.274. The molecule has 0 bridgehead atoms. The van der Waals surface area contributed by atoms with Crippen LogP contribution in [-0.4, -0.2) is 16.1 Å². The zero-order chi connectivity index (χ0) is 12.5. The second kappa shape index (κ2) is 4.64. The van der Waals surface area contributed by atoms with Gasteiger partial charge in [-0.2, -0.15) is 0 Å². The number of hydrogen-bond acceptors (Lipinski definition) is 5. The minimum atomic E-state index is -0.922. The highest BCUT2D eigenvalue weighted by molar-refractivity contribution is 7.26. The summed E-state index contributed by atoms with van der Waals surface area (Å²) in [6.07, 6.45) is 1.41. The monoisotopic (exact) mass is 293 g/mol. The van der Waals surface area contributed by atoms with E-state index in [1.54, 1.807) is 22.7 Å². The molecule has 0 aromatic carbocycles. The highest BCUT2D eigenvalue weighted by atomic mass is 32.1. The fourth-order valence-electron chi connectivity index (χ4n) is 1.49. The number of thiophene rings is 2. The van der Waals surface area contributed by atoms with Gasteiger partial charge in [-0.05, 0) is 23.6 Å². The quantitative estimate of drug-likeness (QED) is 0.783. The molecule has 0 saturated carbocycles. The van der Waals surface area contributed by atoms with Crippen molar-refractivity contribution in [3.05, 3.63) is 40.7 Å². The second-order valence-corrected chi connectivity index (χ2v) is 6.54. The number of thiazole rings is 1. The Balaban J connectivity index is 1.95. The second-order valence-electron chi connectivity index (χ2n) is 3.48. The zero-order valence-corrected chi connectivity index (χ0v) is 11.4. The van der Waals surface area contributed by atoms with Crippen molar-refractivity contribution >= 4 is 40.0 Å². The van der Waals surface area contributed by atoms with E-state index >= 15 is 0 Å². The molecule has 0 spiro atoms. The van der Waals surface area contributed by atoms with E-state index in [-0.39, 0.29) is 4.88 Å². The molecule has 0 amide bonds. The van der Waals surface area contributed by atoms with Crippen molar-refractivity contribution in [1.82, 2.24) is 4.98 Å². The Morgan fingerprint density at radius 3 is 2.61 bits per heavy atom. The summed E-state index contributed by atoms with van der Waals surface area (Å²) in [7, 11) is 0. The van der Waals surface area contributed by atoms with Crippen LogP contribution in [0.2, 0.25) is 0 Å². The third-order valence-corrected chi connectivity index (χ3v) is 5.60. The van der Waals surface area contributed by atoms with Gasteiger partial charge in [0.1, 0.15) is 9.88 Å². The fraction of sp³-hybridized carbons (Fsp3) is 0. The van der Waals surface area contributed by atoms with Gasteiger partial charge in [-0.15, -0.1) is 34.0 Å². The number of rotatable bonds is 3. The van der Waals surface area contributed by atoms with Gasteiger partial charge >= 0.3 is 5.97 Å². The average molecular weight is 293 g/mol. The molecule has 0 saturated heterocycles. The van der Waals surface area contributed by atoms with Gasteiger partial charge in [-0.3, -0.25) is 0 Å². The largest absolute Gasteiger partial charge is 0.477 e. The molecule has 3 aromatic rings. The minimum Gasteiger partial charge on any atom is -0.477 e. The molecule has 3 rings (SSSR count). The SMILES string of the molecule is O=C(O)c1cnc(-c2ccc(-c3cccs3)s2)s1. The number of carbonyl (C=O) groups is 1. The lowest BCUT2D eigenvalue weighted by Crippen LogP contribution is -1.89. The standard InChI is InChI=1S/C12H7NO2S3/c14-12(15)10-6-13-11(18-10)9-4-3-8(17-9)7-2-1-5-16-7/h1-6H,(H,14,15). The van der Waals surface area contributed by atoms with Crippen LogP contribution in [0.25, 0.3) is 19.6 Å². The number of aromatic nitrogens is 1. The van der Waals surface area contributed by atoms with Crippen LogP contribution in [0.4, 0.5) is 0 Å². The molecule has 18 heavy (non-hydrogen) atoms. The lowest BCUT2D eigenvalue weighted by atomic mass is 10.4. The van der Waals surface area contributed by atoms with Gasteiger partial charge in [-0.1, -0.05) is 6.07 Å². The lowest BCUT2D eigenvalue weighted by Gasteiger charge is -1.89. The van der Waals surface area contributed by atoms with Crippen LogP contribution in [0.15, 0.2) is 35.8 Å². The highest BCUT2D eigenvalue weighted by Gasteiger charge is 2.12. The molecule has 1 N–H and O–H groups in total. The first kappa shape index (κ1) is 11.6. The molecule has 0 aliphatic rings. The van der Waals surface area contributed by atoms with Gasteiger partial charge in [0.05, 0.1) is 11.1 Å². The first-order valence-electron chi connectivity index (χ1n) is 5.07. The van der Waals surface area contributed by atoms with Crippen LogP contribution >= 0.6 is 34.0 Å². The number of hydrogen-bond donors (Lipinski definition) is 1. The van der Waals surface area contributed by atoms with Crippen LogP contribution in [0, 0.1) is 0 Å². The van der Waals surface area contributed by atoms with Gasteiger partial charge in [0.15, 0.2) is 0 Å². The molecule has 0 aliphatic heterocycles. The lowest BCUT2D eigenvalue weighted by molar-refractivity contribution is 0.0702. The Morgan fingerprint density at radius 2 is 1.94 bits per heavy atom. The molecule has 6 heteroatoms. The van der Waals surface area contributed by atoms with Crippen molar-refractivity contribution in [3.63, 3.8) is 0 Å². The molecular weight excluding hydrogens is 286 g/mol. The summed E-state index contributed by atoms with van der Waals surface area (Å²) in [4.78, 5) is 18.7. The van der Waals surface area contributed by atoms with Crippen LogP contribution in [0.3, 0.4) is 0 Å². The van der Waals surface area contributed by atoms with Crippen LogP contribution in [0.5, 0.6) is 0 Å². The summed E-state index contributed by atoms with van der Waals surface area (Å²) in [5.74, 6) is -0.922. The van der Waals surface area contributed by atoms with Crippen LogP contribution < -0.4 is 0 Å². The molecule has 0 aliphatic carbocycles.